The molecule has 0 N–H and O–H groups in total. The average Bonchev–Trinajstić information content (AvgIpc) is 2.23. The van der Waals surface area contributed by atoms with Crippen molar-refractivity contribution in [1.82, 2.24) is 0 Å². The zero-order valence-corrected chi connectivity index (χ0v) is 13.1. The Morgan fingerprint density at radius 2 is 1.78 bits per heavy atom. The Balaban J connectivity index is 4.57. The maximum Gasteiger partial charge on any atom is -0.0200 e. The predicted molar refractivity (Wildman–Crippen MR) is 84.7 cm³/mol. The van der Waals surface area contributed by atoms with Crippen LogP contribution in [0.4, 0.5) is 0 Å². The number of allylic oxidation sites excluding steroid dienone is 4. The quantitative estimate of drug-likeness (QED) is 0.451. The fourth-order valence-electron chi connectivity index (χ4n) is 2.19. The van der Waals surface area contributed by atoms with E-state index >= 15 is 0 Å². The van der Waals surface area contributed by atoms with E-state index in [-0.39, 0.29) is 5.41 Å². The molecule has 0 aliphatic heterocycles. The number of hydrogen-bond donors (Lipinski definition) is 0. The van der Waals surface area contributed by atoms with Crippen LogP contribution in [0, 0.1) is 17.3 Å². The summed E-state index contributed by atoms with van der Waals surface area (Å²) in [6.07, 6.45) is 11.3. The Morgan fingerprint density at radius 3 is 2.22 bits per heavy atom. The summed E-state index contributed by atoms with van der Waals surface area (Å²) in [6, 6.07) is 0. The monoisotopic (exact) mass is 248 g/mol. The molecule has 0 spiro atoms. The van der Waals surface area contributed by atoms with E-state index in [1.54, 1.807) is 5.57 Å². The number of hydrogen-bond acceptors (Lipinski definition) is 0. The highest BCUT2D eigenvalue weighted by Crippen LogP contribution is 2.27. The molecule has 0 heterocycles. The number of rotatable bonds is 8. The first-order valence-electron chi connectivity index (χ1n) is 7.22. The summed E-state index contributed by atoms with van der Waals surface area (Å²) >= 11 is 0. The highest BCUT2D eigenvalue weighted by molar-refractivity contribution is 5.08. The summed E-state index contributed by atoms with van der Waals surface area (Å²) in [6.45, 7) is 19.1. The molecule has 0 heteroatoms. The van der Waals surface area contributed by atoms with Gasteiger partial charge in [-0.15, -0.1) is 13.2 Å². The van der Waals surface area contributed by atoms with E-state index < -0.39 is 0 Å². The summed E-state index contributed by atoms with van der Waals surface area (Å²) in [7, 11) is 0. The van der Waals surface area contributed by atoms with Crippen LogP contribution in [0.25, 0.3) is 0 Å². The molecular formula is C18H32. The molecule has 2 atom stereocenters. The summed E-state index contributed by atoms with van der Waals surface area (Å²) < 4.78 is 0. The van der Waals surface area contributed by atoms with E-state index in [1.807, 2.05) is 6.08 Å². The summed E-state index contributed by atoms with van der Waals surface area (Å²) in [5.41, 5.74) is 1.88. The molecule has 0 saturated carbocycles. The van der Waals surface area contributed by atoms with Crippen molar-refractivity contribution in [1.29, 1.82) is 0 Å². The molecular weight excluding hydrogens is 216 g/mol. The lowest BCUT2D eigenvalue weighted by Crippen LogP contribution is -2.05. The van der Waals surface area contributed by atoms with Crippen LogP contribution in [-0.4, -0.2) is 0 Å². The molecule has 104 valence electrons. The van der Waals surface area contributed by atoms with Crippen molar-refractivity contribution in [3.63, 3.8) is 0 Å². The van der Waals surface area contributed by atoms with Crippen LogP contribution in [0.15, 0.2) is 37.0 Å². The molecule has 0 radical (unpaired) electrons. The van der Waals surface area contributed by atoms with E-state index in [2.05, 4.69) is 59.9 Å². The highest BCUT2D eigenvalue weighted by atomic mass is 14.2. The Morgan fingerprint density at radius 1 is 1.17 bits per heavy atom. The molecule has 18 heavy (non-hydrogen) atoms. The zero-order chi connectivity index (χ0) is 14.2. The minimum atomic E-state index is 0.278. The Bertz CT molecular complexity index is 275. The van der Waals surface area contributed by atoms with Crippen LogP contribution >= 0.6 is 0 Å². The van der Waals surface area contributed by atoms with E-state index in [1.165, 1.54) is 19.3 Å². The minimum absolute atomic E-state index is 0.278. The third-order valence-corrected chi connectivity index (χ3v) is 3.14. The first-order valence-corrected chi connectivity index (χ1v) is 7.22. The van der Waals surface area contributed by atoms with Crippen LogP contribution < -0.4 is 0 Å². The molecule has 0 aromatic rings. The Kier molecular flexibility index (Phi) is 7.98. The highest BCUT2D eigenvalue weighted by Gasteiger charge is 2.12. The van der Waals surface area contributed by atoms with E-state index in [9.17, 15) is 0 Å². The SMILES string of the molecule is C=CCC(C)CC(=CC(C)(C)C)CCC(C)C=C. The summed E-state index contributed by atoms with van der Waals surface area (Å²) in [5.74, 6) is 1.32. The van der Waals surface area contributed by atoms with Crippen LogP contribution in [0.3, 0.4) is 0 Å². The van der Waals surface area contributed by atoms with Gasteiger partial charge in [-0.05, 0) is 42.9 Å². The minimum Gasteiger partial charge on any atom is -0.103 e. The second kappa shape index (κ2) is 8.34. The van der Waals surface area contributed by atoms with Crippen LogP contribution in [0.5, 0.6) is 0 Å². The molecule has 0 aliphatic carbocycles. The lowest BCUT2D eigenvalue weighted by molar-refractivity contribution is 0.508. The van der Waals surface area contributed by atoms with Crippen LogP contribution in [0.2, 0.25) is 0 Å². The summed E-state index contributed by atoms with van der Waals surface area (Å²) in [5, 5.41) is 0. The molecule has 0 aromatic heterocycles. The van der Waals surface area contributed by atoms with E-state index in [4.69, 9.17) is 0 Å². The van der Waals surface area contributed by atoms with Crippen molar-refractivity contribution < 1.29 is 0 Å². The van der Waals surface area contributed by atoms with Crippen molar-refractivity contribution in [2.24, 2.45) is 17.3 Å². The molecule has 0 amide bonds. The Hall–Kier alpha value is -0.780. The average molecular weight is 248 g/mol. The molecule has 0 aliphatic rings. The molecule has 0 fully saturated rings. The van der Waals surface area contributed by atoms with Gasteiger partial charge in [-0.25, -0.2) is 0 Å². The largest absolute Gasteiger partial charge is 0.103 e. The van der Waals surface area contributed by atoms with Gasteiger partial charge in [0.05, 0.1) is 0 Å². The lowest BCUT2D eigenvalue weighted by atomic mass is 9.86. The van der Waals surface area contributed by atoms with Gasteiger partial charge in [0, 0.05) is 0 Å². The van der Waals surface area contributed by atoms with Gasteiger partial charge in [-0.3, -0.25) is 0 Å². The van der Waals surface area contributed by atoms with Crippen molar-refractivity contribution in [2.75, 3.05) is 0 Å². The van der Waals surface area contributed by atoms with Gasteiger partial charge < -0.3 is 0 Å². The van der Waals surface area contributed by atoms with Gasteiger partial charge >= 0.3 is 0 Å². The standard InChI is InChI=1S/C18H32/c1-8-10-16(4)13-17(14-18(5,6)7)12-11-15(3)9-2/h8-9,14-16H,1-2,10-13H2,3-7H3. The molecule has 0 nitrogen and oxygen atoms in total. The van der Waals surface area contributed by atoms with Crippen molar-refractivity contribution in [3.05, 3.63) is 37.0 Å². The second-order valence-corrected chi connectivity index (χ2v) is 6.75. The maximum atomic E-state index is 3.87. The lowest BCUT2D eigenvalue weighted by Gasteiger charge is -2.20. The fourth-order valence-corrected chi connectivity index (χ4v) is 2.19. The van der Waals surface area contributed by atoms with Gasteiger partial charge in [0.2, 0.25) is 0 Å². The van der Waals surface area contributed by atoms with Crippen LogP contribution in [0.1, 0.15) is 60.3 Å². The molecule has 0 bridgehead atoms. The first kappa shape index (κ1) is 17.2. The van der Waals surface area contributed by atoms with Gasteiger partial charge in [0.1, 0.15) is 0 Å². The molecule has 0 rings (SSSR count). The third-order valence-electron chi connectivity index (χ3n) is 3.14. The van der Waals surface area contributed by atoms with Gasteiger partial charge in [0.25, 0.3) is 0 Å². The Labute approximate surface area is 115 Å². The van der Waals surface area contributed by atoms with Crippen molar-refractivity contribution >= 4 is 0 Å². The second-order valence-electron chi connectivity index (χ2n) is 6.75. The smallest absolute Gasteiger partial charge is 0.0200 e. The van der Waals surface area contributed by atoms with Crippen LogP contribution in [-0.2, 0) is 0 Å². The molecule has 0 aromatic carbocycles. The maximum absolute atomic E-state index is 3.87. The third kappa shape index (κ3) is 9.27. The van der Waals surface area contributed by atoms with Crippen molar-refractivity contribution in [2.45, 2.75) is 60.3 Å². The van der Waals surface area contributed by atoms with E-state index in [0.29, 0.717) is 11.8 Å². The van der Waals surface area contributed by atoms with Crippen molar-refractivity contribution in [3.8, 4) is 0 Å². The molecule has 2 unspecified atom stereocenters. The first-order chi connectivity index (χ1) is 8.28. The van der Waals surface area contributed by atoms with Gasteiger partial charge in [-0.1, -0.05) is 58.4 Å². The normalized spacial score (nSPS) is 16.2. The topological polar surface area (TPSA) is 0 Å². The molecule has 0 saturated heterocycles. The van der Waals surface area contributed by atoms with Gasteiger partial charge in [-0.2, -0.15) is 0 Å². The van der Waals surface area contributed by atoms with E-state index in [0.717, 1.165) is 6.42 Å². The fraction of sp³-hybridized carbons (Fsp3) is 0.667. The summed E-state index contributed by atoms with van der Waals surface area (Å²) in [4.78, 5) is 0. The van der Waals surface area contributed by atoms with Gasteiger partial charge in [0.15, 0.2) is 0 Å². The predicted octanol–water partition coefficient (Wildman–Crippen LogP) is 6.16. The zero-order valence-electron chi connectivity index (χ0n) is 13.1.